The minimum Gasteiger partial charge on any atom is -0.548 e. The number of hydrogen-bond acceptors (Lipinski definition) is 5. The van der Waals surface area contributed by atoms with Crippen molar-refractivity contribution in [3.63, 3.8) is 0 Å². The first-order valence-electron chi connectivity index (χ1n) is 7.74. The molecule has 1 saturated heterocycles. The molecule has 1 atom stereocenters. The number of rotatable bonds is 5. The summed E-state index contributed by atoms with van der Waals surface area (Å²) in [6.45, 7) is 0. The predicted molar refractivity (Wildman–Crippen MR) is 100 cm³/mol. The Morgan fingerprint density at radius 2 is 1.85 bits per heavy atom. The molecule has 0 unspecified atom stereocenters. The average Bonchev–Trinajstić information content (AvgIpc) is 2.89. The van der Waals surface area contributed by atoms with Gasteiger partial charge in [0.2, 0.25) is 0 Å². The Bertz CT molecular complexity index is 899. The molecule has 7 heteroatoms. The lowest BCUT2D eigenvalue weighted by atomic mass is 10.0. The molecule has 1 amide bonds. The molecule has 0 bridgehead atoms. The molecule has 0 radical (unpaired) electrons. The molecule has 0 spiro atoms. The number of aliphatic carboxylic acids is 1. The van der Waals surface area contributed by atoms with Crippen molar-refractivity contribution < 1.29 is 19.1 Å². The second kappa shape index (κ2) is 7.80. The highest BCUT2D eigenvalue weighted by atomic mass is 32.2. The summed E-state index contributed by atoms with van der Waals surface area (Å²) < 4.78 is 13.9. The van der Waals surface area contributed by atoms with E-state index < -0.39 is 23.7 Å². The van der Waals surface area contributed by atoms with Gasteiger partial charge in [0, 0.05) is 5.56 Å². The number of amides is 1. The lowest BCUT2D eigenvalue weighted by Crippen LogP contribution is -2.51. The van der Waals surface area contributed by atoms with E-state index in [1.165, 1.54) is 18.2 Å². The molecule has 1 aliphatic rings. The van der Waals surface area contributed by atoms with Gasteiger partial charge in [-0.2, -0.15) is 0 Å². The van der Waals surface area contributed by atoms with Crippen LogP contribution in [0.4, 0.5) is 4.39 Å². The van der Waals surface area contributed by atoms with Gasteiger partial charge in [-0.15, -0.1) is 0 Å². The zero-order valence-corrected chi connectivity index (χ0v) is 15.1. The van der Waals surface area contributed by atoms with Crippen molar-refractivity contribution in [2.75, 3.05) is 0 Å². The molecule has 2 aromatic carbocycles. The van der Waals surface area contributed by atoms with Gasteiger partial charge >= 0.3 is 0 Å². The number of nitrogens with zero attached hydrogens (tertiary/aromatic N) is 1. The highest BCUT2D eigenvalue weighted by Crippen LogP contribution is 2.34. The van der Waals surface area contributed by atoms with E-state index >= 15 is 0 Å². The van der Waals surface area contributed by atoms with E-state index in [9.17, 15) is 19.1 Å². The molecule has 1 fully saturated rings. The van der Waals surface area contributed by atoms with E-state index in [2.05, 4.69) is 0 Å². The Morgan fingerprint density at radius 1 is 1.19 bits per heavy atom. The molecule has 0 N–H and O–H groups in total. The minimum absolute atomic E-state index is 0.0720. The van der Waals surface area contributed by atoms with Gasteiger partial charge in [0.1, 0.15) is 10.1 Å². The molecule has 132 valence electrons. The maximum atomic E-state index is 13.8. The SMILES string of the molecule is O=C([O-])[C@@H](Cc1ccccc1)N1C(=O)/C(=C/c2ccccc2F)SC1=S. The first-order chi connectivity index (χ1) is 12.5. The van der Waals surface area contributed by atoms with Gasteiger partial charge in [0.25, 0.3) is 5.91 Å². The molecular formula is C19H13FNO3S2-. The number of benzene rings is 2. The fourth-order valence-corrected chi connectivity index (χ4v) is 3.95. The van der Waals surface area contributed by atoms with E-state index in [0.717, 1.165) is 22.2 Å². The van der Waals surface area contributed by atoms with Crippen LogP contribution in [0.15, 0.2) is 59.5 Å². The van der Waals surface area contributed by atoms with Crippen LogP contribution in [0, 0.1) is 5.82 Å². The van der Waals surface area contributed by atoms with Gasteiger partial charge in [-0.05, 0) is 24.1 Å². The summed E-state index contributed by atoms with van der Waals surface area (Å²) in [5, 5.41) is 11.6. The average molecular weight is 386 g/mol. The van der Waals surface area contributed by atoms with Crippen LogP contribution in [0.2, 0.25) is 0 Å². The first-order valence-corrected chi connectivity index (χ1v) is 8.96. The molecule has 1 heterocycles. The summed E-state index contributed by atoms with van der Waals surface area (Å²) in [5.41, 5.74) is 0.981. The van der Waals surface area contributed by atoms with Gasteiger partial charge in [-0.1, -0.05) is 72.5 Å². The van der Waals surface area contributed by atoms with Gasteiger partial charge in [0.05, 0.1) is 16.9 Å². The van der Waals surface area contributed by atoms with Gasteiger partial charge in [-0.25, -0.2) is 4.39 Å². The van der Waals surface area contributed by atoms with Crippen molar-refractivity contribution in [2.45, 2.75) is 12.5 Å². The molecule has 1 aliphatic heterocycles. The third-order valence-electron chi connectivity index (χ3n) is 3.87. The van der Waals surface area contributed by atoms with E-state index in [4.69, 9.17) is 12.2 Å². The van der Waals surface area contributed by atoms with Gasteiger partial charge in [0.15, 0.2) is 0 Å². The van der Waals surface area contributed by atoms with Crippen LogP contribution < -0.4 is 5.11 Å². The molecule has 3 rings (SSSR count). The zero-order valence-electron chi connectivity index (χ0n) is 13.4. The number of thioether (sulfide) groups is 1. The van der Waals surface area contributed by atoms with Crippen molar-refractivity contribution in [2.24, 2.45) is 0 Å². The largest absolute Gasteiger partial charge is 0.548 e. The number of carbonyl (C=O) groups excluding carboxylic acids is 2. The van der Waals surface area contributed by atoms with Crippen LogP contribution in [-0.4, -0.2) is 27.1 Å². The molecule has 2 aromatic rings. The quantitative estimate of drug-likeness (QED) is 0.583. The monoisotopic (exact) mass is 386 g/mol. The molecule has 0 saturated carbocycles. The summed E-state index contributed by atoms with van der Waals surface area (Å²) in [4.78, 5) is 25.6. The third-order valence-corrected chi connectivity index (χ3v) is 5.20. The van der Waals surface area contributed by atoms with Crippen LogP contribution in [-0.2, 0) is 16.0 Å². The molecular weight excluding hydrogens is 373 g/mol. The zero-order chi connectivity index (χ0) is 18.7. The maximum Gasteiger partial charge on any atom is 0.266 e. The minimum atomic E-state index is -1.39. The predicted octanol–water partition coefficient (Wildman–Crippen LogP) is 2.39. The lowest BCUT2D eigenvalue weighted by molar-refractivity contribution is -0.310. The Morgan fingerprint density at radius 3 is 2.50 bits per heavy atom. The van der Waals surface area contributed by atoms with Crippen molar-refractivity contribution in [3.05, 3.63) is 76.4 Å². The number of carboxylic acid groups (broad SMARTS) is 1. The van der Waals surface area contributed by atoms with Crippen molar-refractivity contribution in [1.29, 1.82) is 0 Å². The Kier molecular flexibility index (Phi) is 5.49. The fraction of sp³-hybridized carbons (Fsp3) is 0.105. The van der Waals surface area contributed by atoms with Crippen molar-refractivity contribution in [1.82, 2.24) is 4.90 Å². The molecule has 26 heavy (non-hydrogen) atoms. The number of carboxylic acids is 1. The summed E-state index contributed by atoms with van der Waals surface area (Å²) in [6.07, 6.45) is 1.45. The summed E-state index contributed by atoms with van der Waals surface area (Å²) in [6, 6.07) is 13.7. The first kappa shape index (κ1) is 18.3. The van der Waals surface area contributed by atoms with Crippen LogP contribution in [0.25, 0.3) is 6.08 Å². The highest BCUT2D eigenvalue weighted by molar-refractivity contribution is 8.26. The molecule has 0 aromatic heterocycles. The molecule has 4 nitrogen and oxygen atoms in total. The van der Waals surface area contributed by atoms with Crippen molar-refractivity contribution >= 4 is 46.3 Å². The number of hydrogen-bond donors (Lipinski definition) is 0. The van der Waals surface area contributed by atoms with Crippen molar-refractivity contribution in [3.8, 4) is 0 Å². The second-order valence-electron chi connectivity index (χ2n) is 5.60. The number of carbonyl (C=O) groups is 2. The van der Waals surface area contributed by atoms with Crippen LogP contribution >= 0.6 is 24.0 Å². The topological polar surface area (TPSA) is 60.4 Å². The van der Waals surface area contributed by atoms with E-state index in [1.807, 2.05) is 6.07 Å². The Labute approximate surface area is 159 Å². The lowest BCUT2D eigenvalue weighted by Gasteiger charge is -2.27. The maximum absolute atomic E-state index is 13.8. The van der Waals surface area contributed by atoms with Gasteiger partial charge < -0.3 is 9.90 Å². The summed E-state index contributed by atoms with van der Waals surface area (Å²) >= 11 is 6.15. The highest BCUT2D eigenvalue weighted by Gasteiger charge is 2.37. The standard InChI is InChI=1S/C19H14FNO3S2/c20-14-9-5-4-8-13(14)11-16-17(22)21(19(25)26-16)15(18(23)24)10-12-6-2-1-3-7-12/h1-9,11,15H,10H2,(H,23,24)/p-1/b16-11-/t15-/m1/s1. The molecule has 0 aliphatic carbocycles. The normalized spacial score (nSPS) is 17.0. The second-order valence-corrected chi connectivity index (χ2v) is 7.27. The number of halogens is 1. The van der Waals surface area contributed by atoms with Crippen LogP contribution in [0.3, 0.4) is 0 Å². The van der Waals surface area contributed by atoms with Gasteiger partial charge in [-0.3, -0.25) is 9.69 Å². The summed E-state index contributed by atoms with van der Waals surface area (Å²) in [7, 11) is 0. The van der Waals surface area contributed by atoms with Crippen LogP contribution in [0.5, 0.6) is 0 Å². The smallest absolute Gasteiger partial charge is 0.266 e. The third kappa shape index (κ3) is 3.84. The van der Waals surface area contributed by atoms with E-state index in [1.54, 1.807) is 36.4 Å². The van der Waals surface area contributed by atoms with Crippen LogP contribution in [0.1, 0.15) is 11.1 Å². The Hall–Kier alpha value is -2.51. The fourth-order valence-electron chi connectivity index (χ4n) is 2.60. The summed E-state index contributed by atoms with van der Waals surface area (Å²) in [5.74, 6) is -2.43. The Balaban J connectivity index is 1.89. The van der Waals surface area contributed by atoms with E-state index in [0.29, 0.717) is 0 Å². The number of thiocarbonyl (C=S) groups is 1. The van der Waals surface area contributed by atoms with E-state index in [-0.39, 0.29) is 21.2 Å².